The maximum atomic E-state index is 2.57. The van der Waals surface area contributed by atoms with Crippen molar-refractivity contribution in [3.05, 3.63) is 437 Å². The second-order valence-electron chi connectivity index (χ2n) is 29.0. The number of rotatable bonds is 15. The van der Waals surface area contributed by atoms with Crippen LogP contribution in [0.15, 0.2) is 437 Å². The first-order chi connectivity index (χ1) is 55.6. The Balaban J connectivity index is 0.758. The Kier molecular flexibility index (Phi) is 16.2. The summed E-state index contributed by atoms with van der Waals surface area (Å²) in [7, 11) is 0. The van der Waals surface area contributed by atoms with E-state index >= 15 is 0 Å². The zero-order chi connectivity index (χ0) is 74.0. The van der Waals surface area contributed by atoms with Crippen molar-refractivity contribution in [2.24, 2.45) is 0 Å². The molecule has 0 amide bonds. The first-order valence-corrected chi connectivity index (χ1v) is 38.5. The normalized spacial score (nSPS) is 11.6. The molecule has 0 saturated carbocycles. The van der Waals surface area contributed by atoms with Gasteiger partial charge >= 0.3 is 0 Å². The van der Waals surface area contributed by atoms with Crippen molar-refractivity contribution in [1.82, 2.24) is 0 Å². The third-order valence-corrected chi connectivity index (χ3v) is 22.7. The van der Waals surface area contributed by atoms with E-state index in [4.69, 9.17) is 0 Å². The maximum Gasteiger partial charge on any atom is 0.0540 e. The van der Waals surface area contributed by atoms with Gasteiger partial charge in [-0.05, 0) is 207 Å². The van der Waals surface area contributed by atoms with Crippen molar-refractivity contribution in [2.45, 2.75) is 0 Å². The molecule has 4 heteroatoms. The number of hydrogen-bond acceptors (Lipinski definition) is 4. The average Bonchev–Trinajstić information content (AvgIpc) is 0.730. The summed E-state index contributed by atoms with van der Waals surface area (Å²) >= 11 is 0. The number of benzene rings is 21. The highest BCUT2D eigenvalue weighted by Crippen LogP contribution is 2.53. The number of para-hydroxylation sites is 3. The lowest BCUT2D eigenvalue weighted by molar-refractivity contribution is 1.30. The van der Waals surface area contributed by atoms with Gasteiger partial charge in [-0.15, -0.1) is 0 Å². The van der Waals surface area contributed by atoms with Crippen LogP contribution in [0.4, 0.5) is 68.2 Å². The molecule has 0 radical (unpaired) electrons. The summed E-state index contributed by atoms with van der Waals surface area (Å²) in [5.74, 6) is 0. The van der Waals surface area contributed by atoms with E-state index in [1.807, 2.05) is 0 Å². The summed E-state index contributed by atoms with van der Waals surface area (Å²) in [6.45, 7) is 0. The predicted octanol–water partition coefficient (Wildman–Crippen LogP) is 30.9. The lowest BCUT2D eigenvalue weighted by Crippen LogP contribution is -2.12. The Labute approximate surface area is 650 Å². The molecule has 0 fully saturated rings. The summed E-state index contributed by atoms with van der Waals surface area (Å²) in [5.41, 5.74) is 20.1. The highest BCUT2D eigenvalue weighted by Gasteiger charge is 2.28. The molecule has 0 aromatic heterocycles. The van der Waals surface area contributed by atoms with E-state index in [0.29, 0.717) is 0 Å². The lowest BCUT2D eigenvalue weighted by Gasteiger charge is -2.31. The molecule has 0 aliphatic heterocycles. The molecule has 0 unspecified atom stereocenters. The van der Waals surface area contributed by atoms with Crippen LogP contribution in [-0.2, 0) is 0 Å². The second-order valence-corrected chi connectivity index (χ2v) is 29.0. The van der Waals surface area contributed by atoms with Gasteiger partial charge in [0.15, 0.2) is 0 Å². The molecule has 0 bridgehead atoms. The zero-order valence-electron chi connectivity index (χ0n) is 61.4. The van der Waals surface area contributed by atoms with Gasteiger partial charge in [0.05, 0.1) is 34.1 Å². The maximum absolute atomic E-state index is 2.57. The van der Waals surface area contributed by atoms with Crippen LogP contribution in [0.1, 0.15) is 0 Å². The van der Waals surface area contributed by atoms with E-state index < -0.39 is 0 Å². The molecular formula is C108H72N4. The predicted molar refractivity (Wildman–Crippen MR) is 479 cm³/mol. The number of fused-ring (bicyclic) bond motifs is 9. The van der Waals surface area contributed by atoms with Crippen LogP contribution >= 0.6 is 0 Å². The summed E-state index contributed by atoms with van der Waals surface area (Å²) in [6.07, 6.45) is 0. The number of hydrogen-bond donors (Lipinski definition) is 0. The fourth-order valence-electron chi connectivity index (χ4n) is 17.6. The van der Waals surface area contributed by atoms with Crippen LogP contribution in [0.25, 0.3) is 130 Å². The number of anilines is 12. The Morgan fingerprint density at radius 2 is 0.286 bits per heavy atom. The summed E-state index contributed by atoms with van der Waals surface area (Å²) in [4.78, 5) is 9.81. The minimum Gasteiger partial charge on any atom is -0.310 e. The molecule has 0 saturated heterocycles. The van der Waals surface area contributed by atoms with Crippen molar-refractivity contribution in [3.8, 4) is 33.4 Å². The lowest BCUT2D eigenvalue weighted by atomic mass is 9.90. The zero-order valence-corrected chi connectivity index (χ0v) is 61.4. The molecule has 0 spiro atoms. The Hall–Kier alpha value is -14.8. The minimum absolute atomic E-state index is 1.07. The van der Waals surface area contributed by atoms with E-state index in [1.165, 1.54) is 48.5 Å². The van der Waals surface area contributed by atoms with Gasteiger partial charge in [0.2, 0.25) is 0 Å². The van der Waals surface area contributed by atoms with Gasteiger partial charge < -0.3 is 19.6 Å². The van der Waals surface area contributed by atoms with Crippen LogP contribution in [0.5, 0.6) is 0 Å². The van der Waals surface area contributed by atoms with Crippen LogP contribution in [0.3, 0.4) is 0 Å². The molecule has 21 aromatic carbocycles. The highest BCUT2D eigenvalue weighted by molar-refractivity contribution is 6.20. The van der Waals surface area contributed by atoms with E-state index in [-0.39, 0.29) is 0 Å². The van der Waals surface area contributed by atoms with E-state index in [1.54, 1.807) is 0 Å². The van der Waals surface area contributed by atoms with Crippen LogP contribution in [0.2, 0.25) is 0 Å². The second kappa shape index (κ2) is 27.7. The quantitative estimate of drug-likeness (QED) is 0.101. The van der Waals surface area contributed by atoms with Gasteiger partial charge in [-0.3, -0.25) is 0 Å². The molecule has 4 nitrogen and oxygen atoms in total. The van der Waals surface area contributed by atoms with Crippen molar-refractivity contribution < 1.29 is 0 Å². The third-order valence-electron chi connectivity index (χ3n) is 22.7. The first-order valence-electron chi connectivity index (χ1n) is 38.5. The van der Waals surface area contributed by atoms with Crippen molar-refractivity contribution in [2.75, 3.05) is 19.6 Å². The SMILES string of the molecule is c1ccc(N(c2ccc3ccccc3c2)c2ccc(-c3ccc(N(c4ccc(-c5ccc(N(c6ccccc6)c6ccc7ccccc7c6)c6ccccc56)c5ccccc45)c4ccc(-c5ccc(N(c6ccccc6)c6ccc7ccccc7c6)c6ccccc56)c5ccccc45)c4ccccc34)c3ccccc23)cc1. The van der Waals surface area contributed by atoms with Crippen LogP contribution in [0, 0.1) is 0 Å². The molecule has 0 aliphatic rings. The largest absolute Gasteiger partial charge is 0.310 e. The highest BCUT2D eigenvalue weighted by atomic mass is 15.2. The molecule has 112 heavy (non-hydrogen) atoms. The van der Waals surface area contributed by atoms with Crippen LogP contribution in [-0.4, -0.2) is 0 Å². The summed E-state index contributed by atoms with van der Waals surface area (Å²) < 4.78 is 0. The first kappa shape index (κ1) is 65.5. The van der Waals surface area contributed by atoms with E-state index in [9.17, 15) is 0 Å². The smallest absolute Gasteiger partial charge is 0.0540 e. The fraction of sp³-hybridized carbons (Fsp3) is 0. The monoisotopic (exact) mass is 1420 g/mol. The third kappa shape index (κ3) is 11.3. The van der Waals surface area contributed by atoms with E-state index in [0.717, 1.165) is 150 Å². The molecule has 21 rings (SSSR count). The van der Waals surface area contributed by atoms with E-state index in [2.05, 4.69) is 456 Å². The van der Waals surface area contributed by atoms with Gasteiger partial charge in [-0.1, -0.05) is 328 Å². The Bertz CT molecular complexity index is 6550. The average molecular weight is 1430 g/mol. The Morgan fingerprint density at radius 3 is 0.509 bits per heavy atom. The van der Waals surface area contributed by atoms with Gasteiger partial charge in [-0.2, -0.15) is 0 Å². The molecular weight excluding hydrogens is 1350 g/mol. The Morgan fingerprint density at radius 1 is 0.107 bits per heavy atom. The van der Waals surface area contributed by atoms with Gasteiger partial charge in [0.1, 0.15) is 0 Å². The van der Waals surface area contributed by atoms with Gasteiger partial charge in [0.25, 0.3) is 0 Å². The molecule has 0 N–H and O–H groups in total. The van der Waals surface area contributed by atoms with Crippen molar-refractivity contribution in [3.63, 3.8) is 0 Å². The number of nitrogens with zero attached hydrogens (tertiary/aromatic N) is 4. The van der Waals surface area contributed by atoms with Crippen molar-refractivity contribution in [1.29, 1.82) is 0 Å². The summed E-state index contributed by atoms with van der Waals surface area (Å²) in [5, 5.41) is 21.0. The van der Waals surface area contributed by atoms with Gasteiger partial charge in [0, 0.05) is 66.4 Å². The topological polar surface area (TPSA) is 13.0 Å². The molecule has 0 atom stereocenters. The van der Waals surface area contributed by atoms with Gasteiger partial charge in [-0.25, -0.2) is 0 Å². The molecule has 0 heterocycles. The summed E-state index contributed by atoms with van der Waals surface area (Å²) in [6, 6.07) is 161. The minimum atomic E-state index is 1.07. The molecule has 524 valence electrons. The molecule has 0 aliphatic carbocycles. The van der Waals surface area contributed by atoms with Crippen molar-refractivity contribution >= 4 is 165 Å². The van der Waals surface area contributed by atoms with Crippen LogP contribution < -0.4 is 19.6 Å². The fourth-order valence-corrected chi connectivity index (χ4v) is 17.6. The molecule has 21 aromatic rings. The standard InChI is InChI=1S/C108H72N4/c1-4-34-79(35-5-1)109(82-55-52-73-28-10-13-31-76(73)70-82)103-64-58-91(85-40-16-22-46-97(85)103)94-61-67-106(100-49-25-19-43-88(94)100)112(107-68-62-95(89-44-20-26-50-101(89)107)92-59-65-104(98-47-23-17-41-86(92)98)110(80-36-6-2-7-37-80)83-56-53-74-29-11-14-32-77(74)71-83)108-69-63-96(90-45-21-27-51-102(90)108)93-60-66-105(99-48-24-18-42-87(93)99)111(81-38-8-3-9-39-81)84-57-54-75-30-12-15-33-78(75)72-84/h1-72H.